The van der Waals surface area contributed by atoms with Crippen LogP contribution in [-0.4, -0.2) is 35.6 Å². The van der Waals surface area contributed by atoms with E-state index in [-0.39, 0.29) is 12.2 Å². The molecular formula is C12H9N5O2. The van der Waals surface area contributed by atoms with Gasteiger partial charge in [0.15, 0.2) is 5.82 Å². The van der Waals surface area contributed by atoms with E-state index in [0.717, 1.165) is 11.3 Å². The SMILES string of the molecule is O=C(O)Cc1nc2nccc(-c3cccnc3)n2n1. The molecule has 0 aliphatic carbocycles. The van der Waals surface area contributed by atoms with Gasteiger partial charge >= 0.3 is 5.97 Å². The molecule has 94 valence electrons. The molecule has 0 saturated heterocycles. The first kappa shape index (κ1) is 11.3. The van der Waals surface area contributed by atoms with Crippen molar-refractivity contribution in [3.8, 4) is 11.3 Å². The predicted octanol–water partition coefficient (Wildman–Crippen LogP) is 0.813. The second-order valence-corrected chi connectivity index (χ2v) is 3.88. The molecule has 7 nitrogen and oxygen atoms in total. The van der Waals surface area contributed by atoms with E-state index >= 15 is 0 Å². The van der Waals surface area contributed by atoms with E-state index in [1.165, 1.54) is 4.52 Å². The lowest BCUT2D eigenvalue weighted by molar-refractivity contribution is -0.136. The molecule has 0 saturated carbocycles. The van der Waals surface area contributed by atoms with Gasteiger partial charge in [0.2, 0.25) is 0 Å². The van der Waals surface area contributed by atoms with Crippen LogP contribution in [0.4, 0.5) is 0 Å². The van der Waals surface area contributed by atoms with Crippen molar-refractivity contribution in [3.05, 3.63) is 42.6 Å². The molecule has 3 rings (SSSR count). The molecule has 7 heteroatoms. The molecule has 19 heavy (non-hydrogen) atoms. The highest BCUT2D eigenvalue weighted by molar-refractivity contribution is 5.69. The lowest BCUT2D eigenvalue weighted by Gasteiger charge is -2.01. The van der Waals surface area contributed by atoms with Crippen LogP contribution < -0.4 is 0 Å². The van der Waals surface area contributed by atoms with E-state index in [0.29, 0.717) is 5.78 Å². The van der Waals surface area contributed by atoms with E-state index in [2.05, 4.69) is 20.1 Å². The van der Waals surface area contributed by atoms with Crippen molar-refractivity contribution in [2.45, 2.75) is 6.42 Å². The Bertz CT molecular complexity index is 738. The summed E-state index contributed by atoms with van der Waals surface area (Å²) < 4.78 is 1.52. The molecule has 0 radical (unpaired) electrons. The zero-order chi connectivity index (χ0) is 13.2. The molecule has 0 fully saturated rings. The topological polar surface area (TPSA) is 93.3 Å². The van der Waals surface area contributed by atoms with Gasteiger partial charge in [0.25, 0.3) is 5.78 Å². The maximum absolute atomic E-state index is 10.7. The number of carboxylic acids is 1. The number of fused-ring (bicyclic) bond motifs is 1. The van der Waals surface area contributed by atoms with Gasteiger partial charge in [-0.2, -0.15) is 9.50 Å². The Balaban J connectivity index is 2.15. The second-order valence-electron chi connectivity index (χ2n) is 3.88. The van der Waals surface area contributed by atoms with E-state index in [1.807, 2.05) is 12.1 Å². The summed E-state index contributed by atoms with van der Waals surface area (Å²) in [5.41, 5.74) is 1.63. The van der Waals surface area contributed by atoms with Gasteiger partial charge in [-0.3, -0.25) is 9.78 Å². The number of carboxylic acid groups (broad SMARTS) is 1. The Morgan fingerprint density at radius 1 is 1.32 bits per heavy atom. The fourth-order valence-electron chi connectivity index (χ4n) is 1.78. The molecule has 0 aliphatic rings. The van der Waals surface area contributed by atoms with Gasteiger partial charge in [-0.05, 0) is 18.2 Å². The summed E-state index contributed by atoms with van der Waals surface area (Å²) in [6, 6.07) is 5.49. The van der Waals surface area contributed by atoms with Crippen LogP contribution in [0.25, 0.3) is 17.0 Å². The molecule has 1 N–H and O–H groups in total. The van der Waals surface area contributed by atoms with Gasteiger partial charge in [0.1, 0.15) is 6.42 Å². The molecule has 0 atom stereocenters. The van der Waals surface area contributed by atoms with Crippen LogP contribution in [0.5, 0.6) is 0 Å². The number of nitrogens with zero attached hydrogens (tertiary/aromatic N) is 5. The van der Waals surface area contributed by atoms with Crippen LogP contribution in [0.1, 0.15) is 5.82 Å². The zero-order valence-electron chi connectivity index (χ0n) is 9.76. The third-order valence-electron chi connectivity index (χ3n) is 2.55. The zero-order valence-corrected chi connectivity index (χ0v) is 9.76. The molecule has 0 spiro atoms. The highest BCUT2D eigenvalue weighted by Gasteiger charge is 2.11. The summed E-state index contributed by atoms with van der Waals surface area (Å²) >= 11 is 0. The molecular weight excluding hydrogens is 246 g/mol. The number of aromatic nitrogens is 5. The Kier molecular flexibility index (Phi) is 2.64. The monoisotopic (exact) mass is 255 g/mol. The molecule has 0 amide bonds. The van der Waals surface area contributed by atoms with E-state index in [1.54, 1.807) is 24.7 Å². The fourth-order valence-corrected chi connectivity index (χ4v) is 1.78. The van der Waals surface area contributed by atoms with Crippen molar-refractivity contribution in [2.75, 3.05) is 0 Å². The molecule has 0 aromatic carbocycles. The van der Waals surface area contributed by atoms with Crippen molar-refractivity contribution in [1.29, 1.82) is 0 Å². The first-order valence-corrected chi connectivity index (χ1v) is 5.57. The minimum atomic E-state index is -0.973. The summed E-state index contributed by atoms with van der Waals surface area (Å²) in [4.78, 5) is 22.9. The summed E-state index contributed by atoms with van der Waals surface area (Å²) in [6.07, 6.45) is 4.76. The van der Waals surface area contributed by atoms with Gasteiger partial charge in [-0.1, -0.05) is 0 Å². The molecule has 3 aromatic heterocycles. The Morgan fingerprint density at radius 2 is 2.21 bits per heavy atom. The van der Waals surface area contributed by atoms with Gasteiger partial charge in [0.05, 0.1) is 5.69 Å². The van der Waals surface area contributed by atoms with Crippen LogP contribution in [-0.2, 0) is 11.2 Å². The highest BCUT2D eigenvalue weighted by Crippen LogP contribution is 2.17. The summed E-state index contributed by atoms with van der Waals surface area (Å²) in [5.74, 6) is -0.368. The molecule has 3 aromatic rings. The first-order chi connectivity index (χ1) is 9.24. The third kappa shape index (κ3) is 2.13. The minimum Gasteiger partial charge on any atom is -0.481 e. The normalized spacial score (nSPS) is 10.7. The van der Waals surface area contributed by atoms with Crippen molar-refractivity contribution in [2.24, 2.45) is 0 Å². The molecule has 0 aliphatic heterocycles. The van der Waals surface area contributed by atoms with Crippen molar-refractivity contribution in [1.82, 2.24) is 24.6 Å². The number of carbonyl (C=O) groups is 1. The third-order valence-corrected chi connectivity index (χ3v) is 2.55. The summed E-state index contributed by atoms with van der Waals surface area (Å²) in [5, 5.41) is 12.9. The van der Waals surface area contributed by atoms with Gasteiger partial charge in [-0.25, -0.2) is 4.98 Å². The van der Waals surface area contributed by atoms with Crippen LogP contribution in [0.15, 0.2) is 36.8 Å². The standard InChI is InChI=1S/C12H9N5O2/c18-11(19)6-10-15-12-14-5-3-9(17(12)16-10)8-2-1-4-13-7-8/h1-5,7H,6H2,(H,18,19). The predicted molar refractivity (Wildman–Crippen MR) is 65.4 cm³/mol. The average molecular weight is 255 g/mol. The van der Waals surface area contributed by atoms with Gasteiger partial charge < -0.3 is 5.11 Å². The van der Waals surface area contributed by atoms with Crippen molar-refractivity contribution in [3.63, 3.8) is 0 Å². The average Bonchev–Trinajstić information content (AvgIpc) is 2.80. The fraction of sp³-hybridized carbons (Fsp3) is 0.0833. The number of rotatable bonds is 3. The number of hydrogen-bond acceptors (Lipinski definition) is 5. The van der Waals surface area contributed by atoms with Crippen LogP contribution in [0.2, 0.25) is 0 Å². The summed E-state index contributed by atoms with van der Waals surface area (Å²) in [6.45, 7) is 0. The maximum Gasteiger partial charge on any atom is 0.311 e. The Morgan fingerprint density at radius 3 is 2.95 bits per heavy atom. The van der Waals surface area contributed by atoms with Crippen molar-refractivity contribution < 1.29 is 9.90 Å². The maximum atomic E-state index is 10.7. The van der Waals surface area contributed by atoms with E-state index in [4.69, 9.17) is 5.11 Å². The lowest BCUT2D eigenvalue weighted by Crippen LogP contribution is -2.02. The second kappa shape index (κ2) is 4.45. The molecule has 0 bridgehead atoms. The minimum absolute atomic E-state index is 0.226. The largest absolute Gasteiger partial charge is 0.481 e. The summed E-state index contributed by atoms with van der Waals surface area (Å²) in [7, 11) is 0. The molecule has 3 heterocycles. The first-order valence-electron chi connectivity index (χ1n) is 5.57. The van der Waals surface area contributed by atoms with Gasteiger partial charge in [-0.15, -0.1) is 5.10 Å². The lowest BCUT2D eigenvalue weighted by atomic mass is 10.2. The highest BCUT2D eigenvalue weighted by atomic mass is 16.4. The van der Waals surface area contributed by atoms with Crippen molar-refractivity contribution >= 4 is 11.7 Å². The van der Waals surface area contributed by atoms with Gasteiger partial charge in [0, 0.05) is 24.2 Å². The number of pyridine rings is 1. The van der Waals surface area contributed by atoms with E-state index < -0.39 is 5.97 Å². The smallest absolute Gasteiger partial charge is 0.311 e. The number of aliphatic carboxylic acids is 1. The van der Waals surface area contributed by atoms with Crippen LogP contribution in [0, 0.1) is 0 Å². The Hall–Kier alpha value is -2.83. The van der Waals surface area contributed by atoms with Crippen LogP contribution in [0.3, 0.4) is 0 Å². The molecule has 0 unspecified atom stereocenters. The van der Waals surface area contributed by atoms with E-state index in [9.17, 15) is 4.79 Å². The van der Waals surface area contributed by atoms with Crippen LogP contribution >= 0.6 is 0 Å². The Labute approximate surface area is 107 Å². The number of hydrogen-bond donors (Lipinski definition) is 1. The quantitative estimate of drug-likeness (QED) is 0.744.